The fraction of sp³-hybridized carbons (Fsp3) is 0.235. The maximum atomic E-state index is 14.0. The second-order valence-corrected chi connectivity index (χ2v) is 7.65. The molecule has 122 valence electrons. The Morgan fingerprint density at radius 2 is 2.00 bits per heavy atom. The summed E-state index contributed by atoms with van der Waals surface area (Å²) in [5.41, 5.74) is -0.0107. The average molecular weight is 446 g/mol. The summed E-state index contributed by atoms with van der Waals surface area (Å²) in [5.74, 6) is 0.0385. The minimum atomic E-state index is -0.581. The van der Waals surface area contributed by atoms with Crippen LogP contribution in [-0.2, 0) is 4.79 Å². The van der Waals surface area contributed by atoms with Crippen LogP contribution < -0.4 is 9.47 Å². The summed E-state index contributed by atoms with van der Waals surface area (Å²) in [6, 6.07) is 5.17. The second kappa shape index (κ2) is 7.45. The topological polar surface area (TPSA) is 35.5 Å². The lowest BCUT2D eigenvalue weighted by Gasteiger charge is -2.10. The third-order valence-corrected chi connectivity index (χ3v) is 4.37. The van der Waals surface area contributed by atoms with Gasteiger partial charge in [0.2, 0.25) is 5.78 Å². The Morgan fingerprint density at radius 3 is 2.70 bits per heavy atom. The quantitative estimate of drug-likeness (QED) is 0.604. The summed E-state index contributed by atoms with van der Waals surface area (Å²) >= 11 is 6.75. The van der Waals surface area contributed by atoms with Crippen molar-refractivity contribution in [3.8, 4) is 11.5 Å². The first-order valence-electron chi connectivity index (χ1n) is 6.79. The van der Waals surface area contributed by atoms with Crippen LogP contribution in [0.25, 0.3) is 0 Å². The molecule has 6 heteroatoms. The number of alkyl halides is 1. The Morgan fingerprint density at radius 1 is 1.30 bits per heavy atom. The lowest BCUT2D eigenvalue weighted by atomic mass is 10.1. The van der Waals surface area contributed by atoms with E-state index in [0.717, 1.165) is 0 Å². The summed E-state index contributed by atoms with van der Waals surface area (Å²) in [6.07, 6.45) is 6.10. The molecule has 0 fully saturated rings. The van der Waals surface area contributed by atoms with Gasteiger partial charge in [-0.25, -0.2) is 4.39 Å². The van der Waals surface area contributed by atoms with Gasteiger partial charge in [0, 0.05) is 6.07 Å². The van der Waals surface area contributed by atoms with E-state index in [9.17, 15) is 9.18 Å². The molecular weight excluding hydrogens is 431 g/mol. The summed E-state index contributed by atoms with van der Waals surface area (Å²) in [5, 5.41) is 0. The zero-order valence-electron chi connectivity index (χ0n) is 12.6. The maximum Gasteiger partial charge on any atom is 0.203 e. The molecule has 1 aromatic carbocycles. The van der Waals surface area contributed by atoms with Crippen LogP contribution in [-0.4, -0.2) is 23.8 Å². The molecule has 0 radical (unpaired) electrons. The van der Waals surface area contributed by atoms with E-state index in [-0.39, 0.29) is 12.2 Å². The van der Waals surface area contributed by atoms with E-state index < -0.39 is 15.9 Å². The van der Waals surface area contributed by atoms with Gasteiger partial charge in [0.05, 0.1) is 21.5 Å². The number of methoxy groups -OCH3 is 1. The van der Waals surface area contributed by atoms with Gasteiger partial charge in [0.15, 0.2) is 6.61 Å². The number of halogens is 3. The molecule has 0 amide bonds. The number of carbonyl (C=O) groups excluding carboxylic acids is 1. The van der Waals surface area contributed by atoms with Crippen LogP contribution in [0.1, 0.15) is 6.92 Å². The van der Waals surface area contributed by atoms with Crippen molar-refractivity contribution in [2.24, 2.45) is 0 Å². The van der Waals surface area contributed by atoms with Crippen LogP contribution in [0.15, 0.2) is 58.4 Å². The van der Waals surface area contributed by atoms with Crippen molar-refractivity contribution in [1.29, 1.82) is 0 Å². The first-order valence-corrected chi connectivity index (χ1v) is 8.38. The number of benzene rings is 1. The van der Waals surface area contributed by atoms with Crippen LogP contribution in [0.4, 0.5) is 4.39 Å². The highest BCUT2D eigenvalue weighted by atomic mass is 79.9. The van der Waals surface area contributed by atoms with Crippen LogP contribution in [0.3, 0.4) is 0 Å². The third kappa shape index (κ3) is 4.78. The lowest BCUT2D eigenvalue weighted by molar-refractivity contribution is -0.117. The highest BCUT2D eigenvalue weighted by Crippen LogP contribution is 2.30. The second-order valence-electron chi connectivity index (χ2n) is 5.09. The number of hydrogen-bond acceptors (Lipinski definition) is 3. The standard InChI is InChI=1S/C17H15Br2FO3/c1-17(19)7-5-12(14(20)6-8-17)15(21)10-23-16-9-11(22-2)3-4-13(16)18/h3-9H,10H2,1-2H3. The minimum absolute atomic E-state index is 0.0107. The molecule has 0 aromatic heterocycles. The SMILES string of the molecule is COc1ccc(Br)c(OCC(=O)C2=C(F)C=CC(C)(Br)C=C2)c1. The lowest BCUT2D eigenvalue weighted by Crippen LogP contribution is -2.14. The molecule has 1 aromatic rings. The molecule has 0 N–H and O–H groups in total. The molecule has 3 nitrogen and oxygen atoms in total. The van der Waals surface area contributed by atoms with E-state index in [4.69, 9.17) is 9.47 Å². The number of carbonyl (C=O) groups is 1. The van der Waals surface area contributed by atoms with E-state index >= 15 is 0 Å². The smallest absolute Gasteiger partial charge is 0.203 e. The number of ketones is 1. The molecule has 1 unspecified atom stereocenters. The number of hydrogen-bond donors (Lipinski definition) is 0. The van der Waals surface area contributed by atoms with Crippen molar-refractivity contribution in [2.75, 3.05) is 13.7 Å². The van der Waals surface area contributed by atoms with Gasteiger partial charge in [0.25, 0.3) is 0 Å². The predicted octanol–water partition coefficient (Wildman–Crippen LogP) is 4.91. The zero-order chi connectivity index (χ0) is 17.0. The Hall–Kier alpha value is -1.40. The molecule has 0 spiro atoms. The predicted molar refractivity (Wildman–Crippen MR) is 94.9 cm³/mol. The largest absolute Gasteiger partial charge is 0.497 e. The minimum Gasteiger partial charge on any atom is -0.497 e. The van der Waals surface area contributed by atoms with Crippen LogP contribution in [0, 0.1) is 0 Å². The Labute approximate surface area is 151 Å². The van der Waals surface area contributed by atoms with E-state index in [1.807, 2.05) is 6.92 Å². The number of Topliss-reactive ketones (excluding diaryl/α,β-unsaturated/α-hetero) is 1. The average Bonchev–Trinajstić information content (AvgIpc) is 2.65. The van der Waals surface area contributed by atoms with Crippen LogP contribution >= 0.6 is 31.9 Å². The van der Waals surface area contributed by atoms with Crippen molar-refractivity contribution in [2.45, 2.75) is 11.2 Å². The number of allylic oxidation sites excluding steroid dienone is 5. The van der Waals surface area contributed by atoms with Gasteiger partial charge in [-0.3, -0.25) is 4.79 Å². The Bertz CT molecular complexity index is 706. The molecule has 0 aliphatic heterocycles. The van der Waals surface area contributed by atoms with Gasteiger partial charge in [-0.2, -0.15) is 0 Å². The molecule has 1 aliphatic rings. The van der Waals surface area contributed by atoms with E-state index in [0.29, 0.717) is 16.0 Å². The molecule has 0 bridgehead atoms. The van der Waals surface area contributed by atoms with Crippen molar-refractivity contribution in [3.05, 3.63) is 58.4 Å². The Balaban J connectivity index is 2.13. The van der Waals surface area contributed by atoms with Gasteiger partial charge in [-0.15, -0.1) is 0 Å². The van der Waals surface area contributed by atoms with Gasteiger partial charge >= 0.3 is 0 Å². The molecule has 0 heterocycles. The van der Waals surface area contributed by atoms with E-state index in [1.54, 1.807) is 30.4 Å². The maximum absolute atomic E-state index is 14.0. The van der Waals surface area contributed by atoms with Crippen molar-refractivity contribution < 1.29 is 18.7 Å². The van der Waals surface area contributed by atoms with Crippen LogP contribution in [0.2, 0.25) is 0 Å². The third-order valence-electron chi connectivity index (χ3n) is 3.19. The molecule has 1 aliphatic carbocycles. The molecule has 0 saturated heterocycles. The summed E-state index contributed by atoms with van der Waals surface area (Å²) in [4.78, 5) is 12.2. The number of rotatable bonds is 5. The van der Waals surface area contributed by atoms with E-state index in [1.165, 1.54) is 19.3 Å². The molecular formula is C17H15Br2FO3. The normalized spacial score (nSPS) is 20.4. The van der Waals surface area contributed by atoms with Gasteiger partial charge in [-0.1, -0.05) is 34.2 Å². The fourth-order valence-corrected chi connectivity index (χ4v) is 2.50. The van der Waals surface area contributed by atoms with E-state index in [2.05, 4.69) is 31.9 Å². The molecule has 23 heavy (non-hydrogen) atoms. The summed E-state index contributed by atoms with van der Waals surface area (Å²) in [6.45, 7) is 1.58. The van der Waals surface area contributed by atoms with Crippen molar-refractivity contribution in [3.63, 3.8) is 0 Å². The fourth-order valence-electron chi connectivity index (χ4n) is 1.88. The first kappa shape index (κ1) is 17.9. The van der Waals surface area contributed by atoms with Crippen molar-refractivity contribution in [1.82, 2.24) is 0 Å². The Kier molecular flexibility index (Phi) is 5.81. The highest BCUT2D eigenvalue weighted by molar-refractivity contribution is 9.10. The van der Waals surface area contributed by atoms with Crippen molar-refractivity contribution >= 4 is 37.6 Å². The molecule has 0 saturated carbocycles. The van der Waals surface area contributed by atoms with Gasteiger partial charge in [0.1, 0.15) is 17.3 Å². The van der Waals surface area contributed by atoms with Gasteiger partial charge < -0.3 is 9.47 Å². The van der Waals surface area contributed by atoms with Gasteiger partial charge in [-0.05, 0) is 41.1 Å². The highest BCUT2D eigenvalue weighted by Gasteiger charge is 2.20. The summed E-state index contributed by atoms with van der Waals surface area (Å²) in [7, 11) is 1.54. The molecule has 2 rings (SSSR count). The van der Waals surface area contributed by atoms with Crippen LogP contribution in [0.5, 0.6) is 11.5 Å². The monoisotopic (exact) mass is 444 g/mol. The summed E-state index contributed by atoms with van der Waals surface area (Å²) < 4.78 is 24.8. The zero-order valence-corrected chi connectivity index (χ0v) is 15.8. The first-order chi connectivity index (χ1) is 10.8. The molecule has 1 atom stereocenters. The number of ether oxygens (including phenoxy) is 2.